The summed E-state index contributed by atoms with van der Waals surface area (Å²) in [7, 11) is 0. The summed E-state index contributed by atoms with van der Waals surface area (Å²) in [5, 5.41) is 0. The molecule has 21 heavy (non-hydrogen) atoms. The van der Waals surface area contributed by atoms with Crippen molar-refractivity contribution in [1.29, 1.82) is 0 Å². The highest BCUT2D eigenvalue weighted by Gasteiger charge is 2.17. The molecule has 0 amide bonds. The van der Waals surface area contributed by atoms with Crippen LogP contribution in [0.2, 0.25) is 0 Å². The van der Waals surface area contributed by atoms with E-state index in [9.17, 15) is 0 Å². The summed E-state index contributed by atoms with van der Waals surface area (Å²) >= 11 is 5.99. The van der Waals surface area contributed by atoms with E-state index in [0.717, 1.165) is 23.5 Å². The lowest BCUT2D eigenvalue weighted by atomic mass is 9.82. The minimum atomic E-state index is 0.198. The molecule has 0 N–H and O–H groups in total. The summed E-state index contributed by atoms with van der Waals surface area (Å²) in [6, 6.07) is 14.4. The standard InChI is InChI=1S/C19H23ClO/c1-5-19(3,4)16-7-9-17(10-8-16)21-18-11-6-14(2)12-15(18)13-20/h6-12H,5,13H2,1-4H3. The van der Waals surface area contributed by atoms with Crippen LogP contribution in [0.5, 0.6) is 11.5 Å². The van der Waals surface area contributed by atoms with E-state index in [1.165, 1.54) is 11.1 Å². The fraction of sp³-hybridized carbons (Fsp3) is 0.368. The Balaban J connectivity index is 2.21. The Hall–Kier alpha value is -1.47. The summed E-state index contributed by atoms with van der Waals surface area (Å²) in [6.07, 6.45) is 1.11. The Labute approximate surface area is 132 Å². The molecule has 0 fully saturated rings. The normalized spacial score (nSPS) is 11.5. The van der Waals surface area contributed by atoms with E-state index in [0.29, 0.717) is 5.88 Å². The van der Waals surface area contributed by atoms with E-state index < -0.39 is 0 Å². The lowest BCUT2D eigenvalue weighted by Gasteiger charge is -2.23. The average molecular weight is 303 g/mol. The number of hydrogen-bond acceptors (Lipinski definition) is 1. The molecule has 0 unspecified atom stereocenters. The predicted molar refractivity (Wildman–Crippen MR) is 90.6 cm³/mol. The summed E-state index contributed by atoms with van der Waals surface area (Å²) < 4.78 is 5.97. The van der Waals surface area contributed by atoms with Gasteiger partial charge in [-0.1, -0.05) is 50.6 Å². The molecule has 0 aliphatic carbocycles. The molecular weight excluding hydrogens is 280 g/mol. The van der Waals surface area contributed by atoms with Gasteiger partial charge in [0.25, 0.3) is 0 Å². The van der Waals surface area contributed by atoms with Gasteiger partial charge in [-0.05, 0) is 42.5 Å². The molecule has 112 valence electrons. The zero-order valence-corrected chi connectivity index (χ0v) is 14.0. The number of ether oxygens (including phenoxy) is 1. The van der Waals surface area contributed by atoms with Gasteiger partial charge < -0.3 is 4.74 Å². The Morgan fingerprint density at radius 2 is 1.71 bits per heavy atom. The molecule has 0 bridgehead atoms. The number of benzene rings is 2. The van der Waals surface area contributed by atoms with Gasteiger partial charge in [-0.15, -0.1) is 11.6 Å². The maximum atomic E-state index is 5.99. The number of hydrogen-bond donors (Lipinski definition) is 0. The molecule has 0 saturated heterocycles. The van der Waals surface area contributed by atoms with Crippen LogP contribution < -0.4 is 4.74 Å². The van der Waals surface area contributed by atoms with Gasteiger partial charge in [-0.2, -0.15) is 0 Å². The molecule has 2 aromatic rings. The summed E-state index contributed by atoms with van der Waals surface area (Å²) in [5.41, 5.74) is 3.75. The van der Waals surface area contributed by atoms with Crippen LogP contribution in [0, 0.1) is 6.92 Å². The summed E-state index contributed by atoms with van der Waals surface area (Å²) in [4.78, 5) is 0. The first-order valence-electron chi connectivity index (χ1n) is 7.40. The van der Waals surface area contributed by atoms with Crippen LogP contribution in [-0.4, -0.2) is 0 Å². The Bertz CT molecular complexity index is 599. The molecule has 0 atom stereocenters. The highest BCUT2D eigenvalue weighted by Crippen LogP contribution is 2.31. The molecule has 2 heteroatoms. The molecule has 0 aliphatic heterocycles. The summed E-state index contributed by atoms with van der Waals surface area (Å²) in [6.45, 7) is 8.79. The van der Waals surface area contributed by atoms with E-state index >= 15 is 0 Å². The van der Waals surface area contributed by atoms with Gasteiger partial charge in [-0.25, -0.2) is 0 Å². The molecule has 2 rings (SSSR count). The van der Waals surface area contributed by atoms with Crippen LogP contribution in [0.4, 0.5) is 0 Å². The van der Waals surface area contributed by atoms with Gasteiger partial charge in [0.05, 0.1) is 5.88 Å². The van der Waals surface area contributed by atoms with Crippen molar-refractivity contribution in [2.75, 3.05) is 0 Å². The Morgan fingerprint density at radius 3 is 2.29 bits per heavy atom. The fourth-order valence-electron chi connectivity index (χ4n) is 2.22. The first-order chi connectivity index (χ1) is 9.96. The van der Waals surface area contributed by atoms with Crippen molar-refractivity contribution >= 4 is 11.6 Å². The molecular formula is C19H23ClO. The fourth-order valence-corrected chi connectivity index (χ4v) is 2.43. The van der Waals surface area contributed by atoms with Crippen LogP contribution in [0.3, 0.4) is 0 Å². The SMILES string of the molecule is CCC(C)(C)c1ccc(Oc2ccc(C)cc2CCl)cc1. The highest BCUT2D eigenvalue weighted by molar-refractivity contribution is 6.17. The molecule has 1 nitrogen and oxygen atoms in total. The first kappa shape index (κ1) is 15.9. The van der Waals surface area contributed by atoms with Crippen LogP contribution in [0.1, 0.15) is 43.9 Å². The predicted octanol–water partition coefficient (Wildman–Crippen LogP) is 6.21. The van der Waals surface area contributed by atoms with Gasteiger partial charge >= 0.3 is 0 Å². The van der Waals surface area contributed by atoms with Gasteiger partial charge in [-0.3, -0.25) is 0 Å². The first-order valence-corrected chi connectivity index (χ1v) is 7.93. The van der Waals surface area contributed by atoms with Crippen LogP contribution in [-0.2, 0) is 11.3 Å². The number of halogens is 1. The molecule has 0 saturated carbocycles. The van der Waals surface area contributed by atoms with Crippen molar-refractivity contribution in [3.05, 3.63) is 59.2 Å². The minimum absolute atomic E-state index is 0.198. The van der Waals surface area contributed by atoms with E-state index in [2.05, 4.69) is 45.9 Å². The molecule has 0 spiro atoms. The minimum Gasteiger partial charge on any atom is -0.457 e. The van der Waals surface area contributed by atoms with Gasteiger partial charge in [0.2, 0.25) is 0 Å². The van der Waals surface area contributed by atoms with Crippen molar-refractivity contribution in [2.45, 2.75) is 45.4 Å². The van der Waals surface area contributed by atoms with Gasteiger partial charge in [0.1, 0.15) is 11.5 Å². The lowest BCUT2D eigenvalue weighted by molar-refractivity contribution is 0.474. The Morgan fingerprint density at radius 1 is 1.05 bits per heavy atom. The zero-order chi connectivity index (χ0) is 15.5. The molecule has 0 aliphatic rings. The second-order valence-electron chi connectivity index (χ2n) is 6.11. The second kappa shape index (κ2) is 6.53. The monoisotopic (exact) mass is 302 g/mol. The second-order valence-corrected chi connectivity index (χ2v) is 6.38. The lowest BCUT2D eigenvalue weighted by Crippen LogP contribution is -2.14. The van der Waals surface area contributed by atoms with Gasteiger partial charge in [0.15, 0.2) is 0 Å². The van der Waals surface area contributed by atoms with Crippen LogP contribution in [0.15, 0.2) is 42.5 Å². The van der Waals surface area contributed by atoms with Crippen LogP contribution >= 0.6 is 11.6 Å². The smallest absolute Gasteiger partial charge is 0.131 e. The average Bonchev–Trinajstić information content (AvgIpc) is 2.49. The van der Waals surface area contributed by atoms with E-state index in [4.69, 9.17) is 16.3 Å². The zero-order valence-electron chi connectivity index (χ0n) is 13.2. The number of rotatable bonds is 5. The van der Waals surface area contributed by atoms with Crippen molar-refractivity contribution < 1.29 is 4.74 Å². The third-order valence-corrected chi connectivity index (χ3v) is 4.40. The highest BCUT2D eigenvalue weighted by atomic mass is 35.5. The number of alkyl halides is 1. The third-order valence-electron chi connectivity index (χ3n) is 4.11. The topological polar surface area (TPSA) is 9.23 Å². The van der Waals surface area contributed by atoms with Crippen molar-refractivity contribution in [2.24, 2.45) is 0 Å². The summed E-state index contributed by atoms with van der Waals surface area (Å²) in [5.74, 6) is 2.14. The quantitative estimate of drug-likeness (QED) is 0.596. The number of aryl methyl sites for hydroxylation is 1. The van der Waals surface area contributed by atoms with E-state index in [1.807, 2.05) is 24.3 Å². The molecule has 0 heterocycles. The van der Waals surface area contributed by atoms with Crippen molar-refractivity contribution in [1.82, 2.24) is 0 Å². The third kappa shape index (κ3) is 3.79. The van der Waals surface area contributed by atoms with E-state index in [1.54, 1.807) is 0 Å². The van der Waals surface area contributed by atoms with Crippen molar-refractivity contribution in [3.8, 4) is 11.5 Å². The molecule has 0 radical (unpaired) electrons. The molecule has 0 aromatic heterocycles. The maximum Gasteiger partial charge on any atom is 0.131 e. The maximum absolute atomic E-state index is 5.99. The van der Waals surface area contributed by atoms with Crippen LogP contribution in [0.25, 0.3) is 0 Å². The van der Waals surface area contributed by atoms with Gasteiger partial charge in [0, 0.05) is 5.56 Å². The largest absolute Gasteiger partial charge is 0.457 e. The van der Waals surface area contributed by atoms with Crippen molar-refractivity contribution in [3.63, 3.8) is 0 Å². The Kier molecular flexibility index (Phi) is 4.95. The van der Waals surface area contributed by atoms with E-state index in [-0.39, 0.29) is 5.41 Å². The molecule has 2 aromatic carbocycles.